The van der Waals surface area contributed by atoms with Crippen LogP contribution in [0.3, 0.4) is 0 Å². The Balaban J connectivity index is 2.17. The number of rotatable bonds is 6. The lowest BCUT2D eigenvalue weighted by Crippen LogP contribution is -2.19. The van der Waals surface area contributed by atoms with Gasteiger partial charge in [0, 0.05) is 11.3 Å². The van der Waals surface area contributed by atoms with Crippen LogP contribution in [0.4, 0.5) is 18.9 Å². The zero-order valence-electron chi connectivity index (χ0n) is 14.4. The zero-order valence-corrected chi connectivity index (χ0v) is 14.4. The van der Waals surface area contributed by atoms with Crippen LogP contribution in [0.25, 0.3) is 0 Å². The summed E-state index contributed by atoms with van der Waals surface area (Å²) in [6.07, 6.45) is -4.52. The number of nitrogens with one attached hydrogen (secondary N) is 1. The first-order valence-corrected chi connectivity index (χ1v) is 7.54. The Morgan fingerprint density at radius 1 is 1.07 bits per heavy atom. The van der Waals surface area contributed by atoms with Crippen molar-refractivity contribution in [3.05, 3.63) is 47.5 Å². The number of hydrogen-bond acceptors (Lipinski definition) is 5. The maximum Gasteiger partial charge on any atom is 0.422 e. The summed E-state index contributed by atoms with van der Waals surface area (Å²) in [5.41, 5.74) is 0.360. The van der Waals surface area contributed by atoms with Crippen molar-refractivity contribution in [2.75, 3.05) is 26.1 Å². The molecule has 1 N–H and O–H groups in total. The van der Waals surface area contributed by atoms with Crippen molar-refractivity contribution in [2.45, 2.75) is 6.18 Å². The highest BCUT2D eigenvalue weighted by atomic mass is 19.4. The van der Waals surface area contributed by atoms with Gasteiger partial charge in [-0.15, -0.1) is 0 Å². The van der Waals surface area contributed by atoms with Crippen molar-refractivity contribution >= 4 is 11.6 Å². The molecule has 27 heavy (non-hydrogen) atoms. The second-order valence-electron chi connectivity index (χ2n) is 5.25. The van der Waals surface area contributed by atoms with Gasteiger partial charge in [-0.2, -0.15) is 18.4 Å². The highest BCUT2D eigenvalue weighted by Gasteiger charge is 2.28. The van der Waals surface area contributed by atoms with Gasteiger partial charge < -0.3 is 19.5 Å². The normalized spacial score (nSPS) is 10.7. The van der Waals surface area contributed by atoms with Gasteiger partial charge in [0.25, 0.3) is 5.91 Å². The molecule has 2 aromatic carbocycles. The molecule has 142 valence electrons. The molecule has 0 saturated carbocycles. The standard InChI is InChI=1S/C18H15F3N2O4/c1-25-15-5-3-11(8-16(15)26-2)17(24)23-13-4-6-14(12(7-13)9-22)27-10-18(19,20)21/h3-8H,10H2,1-2H3,(H,23,24). The first kappa shape index (κ1) is 19.9. The largest absolute Gasteiger partial charge is 0.493 e. The number of ether oxygens (including phenoxy) is 3. The number of hydrogen-bond donors (Lipinski definition) is 1. The number of nitrogens with zero attached hydrogens (tertiary/aromatic N) is 1. The van der Waals surface area contributed by atoms with E-state index < -0.39 is 18.7 Å². The molecule has 0 unspecified atom stereocenters. The van der Waals surface area contributed by atoms with E-state index in [4.69, 9.17) is 14.7 Å². The van der Waals surface area contributed by atoms with Crippen LogP contribution in [0.15, 0.2) is 36.4 Å². The Kier molecular flexibility index (Phi) is 6.13. The van der Waals surface area contributed by atoms with Crippen molar-refractivity contribution in [1.29, 1.82) is 5.26 Å². The molecule has 0 aliphatic rings. The Morgan fingerprint density at radius 3 is 2.33 bits per heavy atom. The molecular weight excluding hydrogens is 365 g/mol. The molecule has 0 bridgehead atoms. The fourth-order valence-electron chi connectivity index (χ4n) is 2.16. The van der Waals surface area contributed by atoms with E-state index >= 15 is 0 Å². The molecule has 0 aromatic heterocycles. The molecule has 2 rings (SSSR count). The van der Waals surface area contributed by atoms with Crippen molar-refractivity contribution in [3.63, 3.8) is 0 Å². The molecule has 0 spiro atoms. The second kappa shape index (κ2) is 8.31. The van der Waals surface area contributed by atoms with Crippen molar-refractivity contribution in [3.8, 4) is 23.3 Å². The minimum absolute atomic E-state index is 0.135. The smallest absolute Gasteiger partial charge is 0.422 e. The summed E-state index contributed by atoms with van der Waals surface area (Å²) in [6.45, 7) is -1.51. The number of carbonyl (C=O) groups is 1. The number of nitriles is 1. The summed E-state index contributed by atoms with van der Waals surface area (Å²) in [7, 11) is 2.89. The average molecular weight is 380 g/mol. The fraction of sp³-hybridized carbons (Fsp3) is 0.222. The van der Waals surface area contributed by atoms with Gasteiger partial charge in [-0.25, -0.2) is 0 Å². The predicted octanol–water partition coefficient (Wildman–Crippen LogP) is 3.77. The van der Waals surface area contributed by atoms with Crippen LogP contribution in [-0.4, -0.2) is 32.9 Å². The summed E-state index contributed by atoms with van der Waals surface area (Å²) < 4.78 is 51.6. The number of benzene rings is 2. The molecule has 9 heteroatoms. The molecule has 0 atom stereocenters. The highest BCUT2D eigenvalue weighted by molar-refractivity contribution is 6.04. The van der Waals surface area contributed by atoms with Crippen LogP contribution in [0.5, 0.6) is 17.2 Å². The number of anilines is 1. The van der Waals surface area contributed by atoms with Gasteiger partial charge >= 0.3 is 6.18 Å². The number of alkyl halides is 3. The molecule has 0 radical (unpaired) electrons. The van der Waals surface area contributed by atoms with Gasteiger partial charge in [0.1, 0.15) is 11.8 Å². The molecule has 1 amide bonds. The molecule has 0 heterocycles. The minimum atomic E-state index is -4.52. The van der Waals surface area contributed by atoms with Crippen molar-refractivity contribution in [2.24, 2.45) is 0 Å². The maximum absolute atomic E-state index is 12.4. The highest BCUT2D eigenvalue weighted by Crippen LogP contribution is 2.29. The number of amides is 1. The van der Waals surface area contributed by atoms with E-state index in [9.17, 15) is 18.0 Å². The lowest BCUT2D eigenvalue weighted by Gasteiger charge is -2.12. The van der Waals surface area contributed by atoms with E-state index in [1.54, 1.807) is 12.1 Å². The quantitative estimate of drug-likeness (QED) is 0.825. The molecule has 0 saturated heterocycles. The zero-order chi connectivity index (χ0) is 20.0. The average Bonchev–Trinajstić information content (AvgIpc) is 2.65. The van der Waals surface area contributed by atoms with E-state index in [1.165, 1.54) is 44.6 Å². The van der Waals surface area contributed by atoms with E-state index in [1.807, 2.05) is 0 Å². The Bertz CT molecular complexity index is 876. The Labute approximate surface area is 153 Å². The van der Waals surface area contributed by atoms with Crippen LogP contribution >= 0.6 is 0 Å². The van der Waals surface area contributed by atoms with Gasteiger partial charge in [0.2, 0.25) is 0 Å². The molecule has 0 aliphatic carbocycles. The molecule has 0 aliphatic heterocycles. The molecule has 0 fully saturated rings. The third-order valence-corrected chi connectivity index (χ3v) is 3.39. The van der Waals surface area contributed by atoms with Crippen molar-refractivity contribution < 1.29 is 32.2 Å². The minimum Gasteiger partial charge on any atom is -0.493 e. The second-order valence-corrected chi connectivity index (χ2v) is 5.25. The summed E-state index contributed by atoms with van der Waals surface area (Å²) in [6, 6.07) is 10.0. The Hall–Kier alpha value is -3.41. The summed E-state index contributed by atoms with van der Waals surface area (Å²) in [5, 5.41) is 11.7. The third-order valence-electron chi connectivity index (χ3n) is 3.39. The third kappa shape index (κ3) is 5.28. The van der Waals surface area contributed by atoms with Crippen LogP contribution in [0.1, 0.15) is 15.9 Å². The van der Waals surface area contributed by atoms with Crippen molar-refractivity contribution in [1.82, 2.24) is 0 Å². The van der Waals surface area contributed by atoms with Gasteiger partial charge in [0.05, 0.1) is 19.8 Å². The molecular formula is C18H15F3N2O4. The Morgan fingerprint density at radius 2 is 1.74 bits per heavy atom. The van der Waals surface area contributed by atoms with Gasteiger partial charge in [-0.3, -0.25) is 4.79 Å². The number of methoxy groups -OCH3 is 2. The number of halogens is 3. The van der Waals surface area contributed by atoms with E-state index in [0.29, 0.717) is 11.5 Å². The lowest BCUT2D eigenvalue weighted by atomic mass is 10.1. The van der Waals surface area contributed by atoms with Crippen LogP contribution in [0, 0.1) is 11.3 Å². The maximum atomic E-state index is 12.4. The van der Waals surface area contributed by atoms with Gasteiger partial charge in [-0.05, 0) is 36.4 Å². The van der Waals surface area contributed by atoms with Crippen LogP contribution in [0.2, 0.25) is 0 Å². The van der Waals surface area contributed by atoms with Gasteiger partial charge in [-0.1, -0.05) is 0 Å². The monoisotopic (exact) mass is 380 g/mol. The summed E-state index contributed by atoms with van der Waals surface area (Å²) in [5.74, 6) is 0.0912. The fourth-order valence-corrected chi connectivity index (χ4v) is 2.16. The first-order chi connectivity index (χ1) is 12.8. The van der Waals surface area contributed by atoms with E-state index in [-0.39, 0.29) is 22.6 Å². The number of carbonyl (C=O) groups excluding carboxylic acids is 1. The van der Waals surface area contributed by atoms with E-state index in [0.717, 1.165) is 0 Å². The summed E-state index contributed by atoms with van der Waals surface area (Å²) in [4.78, 5) is 12.4. The molecule has 2 aromatic rings. The molecule has 6 nitrogen and oxygen atoms in total. The topological polar surface area (TPSA) is 80.6 Å². The van der Waals surface area contributed by atoms with Crippen LogP contribution < -0.4 is 19.5 Å². The summed E-state index contributed by atoms with van der Waals surface area (Å²) >= 11 is 0. The first-order valence-electron chi connectivity index (χ1n) is 7.54. The SMILES string of the molecule is COc1ccc(C(=O)Nc2ccc(OCC(F)(F)F)c(C#N)c2)cc1OC. The predicted molar refractivity (Wildman–Crippen MR) is 90.2 cm³/mol. The van der Waals surface area contributed by atoms with Gasteiger partial charge in [0.15, 0.2) is 18.1 Å². The lowest BCUT2D eigenvalue weighted by molar-refractivity contribution is -0.153. The van der Waals surface area contributed by atoms with E-state index in [2.05, 4.69) is 10.1 Å². The van der Waals surface area contributed by atoms with Crippen LogP contribution in [-0.2, 0) is 0 Å².